The van der Waals surface area contributed by atoms with E-state index in [0.717, 1.165) is 18.5 Å². The topological polar surface area (TPSA) is 29.3 Å². The van der Waals surface area contributed by atoms with E-state index in [1.807, 2.05) is 0 Å². The zero-order chi connectivity index (χ0) is 11.9. The standard InChI is InChI=1S/C14H28N2/c1-10-5-6-16(9-12(10)15)13-8-14(3,4)7-11(13)2/h10-13H,5-9,15H2,1-4H3. The van der Waals surface area contributed by atoms with Crippen molar-refractivity contribution in [3.8, 4) is 0 Å². The van der Waals surface area contributed by atoms with E-state index in [1.54, 1.807) is 0 Å². The summed E-state index contributed by atoms with van der Waals surface area (Å²) in [5.74, 6) is 1.55. The van der Waals surface area contributed by atoms with Crippen LogP contribution in [0.2, 0.25) is 0 Å². The van der Waals surface area contributed by atoms with Gasteiger partial charge < -0.3 is 5.73 Å². The summed E-state index contributed by atoms with van der Waals surface area (Å²) in [6.45, 7) is 11.9. The molecule has 4 atom stereocenters. The number of rotatable bonds is 1. The lowest BCUT2D eigenvalue weighted by Crippen LogP contribution is -2.52. The van der Waals surface area contributed by atoms with Crippen molar-refractivity contribution >= 4 is 0 Å². The number of nitrogens with zero attached hydrogens (tertiary/aromatic N) is 1. The summed E-state index contributed by atoms with van der Waals surface area (Å²) in [5.41, 5.74) is 6.75. The molecule has 1 heterocycles. The molecule has 0 radical (unpaired) electrons. The molecular weight excluding hydrogens is 196 g/mol. The highest BCUT2D eigenvalue weighted by atomic mass is 15.2. The smallest absolute Gasteiger partial charge is 0.0194 e. The zero-order valence-corrected chi connectivity index (χ0v) is 11.4. The van der Waals surface area contributed by atoms with Gasteiger partial charge in [-0.15, -0.1) is 0 Å². The normalized spacial score (nSPS) is 44.8. The van der Waals surface area contributed by atoms with Crippen LogP contribution in [0.5, 0.6) is 0 Å². The minimum absolute atomic E-state index is 0.393. The molecular formula is C14H28N2. The molecule has 2 rings (SSSR count). The Morgan fingerprint density at radius 2 is 1.81 bits per heavy atom. The van der Waals surface area contributed by atoms with Gasteiger partial charge in [0.2, 0.25) is 0 Å². The predicted octanol–water partition coefficient (Wildman–Crippen LogP) is 2.48. The van der Waals surface area contributed by atoms with E-state index in [-0.39, 0.29) is 0 Å². The third-order valence-electron chi connectivity index (χ3n) is 4.81. The second-order valence-electron chi connectivity index (χ2n) is 7.04. The van der Waals surface area contributed by atoms with Crippen molar-refractivity contribution in [1.82, 2.24) is 4.90 Å². The number of nitrogens with two attached hydrogens (primary N) is 1. The Balaban J connectivity index is 1.98. The van der Waals surface area contributed by atoms with Crippen LogP contribution in [0.15, 0.2) is 0 Å². The highest BCUT2D eigenvalue weighted by Crippen LogP contribution is 2.43. The summed E-state index contributed by atoms with van der Waals surface area (Å²) in [5, 5.41) is 0. The number of hydrogen-bond acceptors (Lipinski definition) is 2. The summed E-state index contributed by atoms with van der Waals surface area (Å²) in [6.07, 6.45) is 4.01. The number of piperidine rings is 1. The molecule has 2 heteroatoms. The van der Waals surface area contributed by atoms with Gasteiger partial charge >= 0.3 is 0 Å². The van der Waals surface area contributed by atoms with Crippen molar-refractivity contribution < 1.29 is 0 Å². The first-order chi connectivity index (χ1) is 7.39. The minimum atomic E-state index is 0.393. The number of hydrogen-bond donors (Lipinski definition) is 1. The van der Waals surface area contributed by atoms with Gasteiger partial charge in [0.05, 0.1) is 0 Å². The van der Waals surface area contributed by atoms with Gasteiger partial charge in [-0.3, -0.25) is 4.90 Å². The van der Waals surface area contributed by atoms with E-state index in [2.05, 4.69) is 32.6 Å². The van der Waals surface area contributed by atoms with Crippen LogP contribution >= 0.6 is 0 Å². The Morgan fingerprint density at radius 1 is 1.12 bits per heavy atom. The van der Waals surface area contributed by atoms with Crippen LogP contribution < -0.4 is 5.73 Å². The Bertz CT molecular complexity index is 249. The third kappa shape index (κ3) is 2.43. The molecule has 0 spiro atoms. The van der Waals surface area contributed by atoms with Gasteiger partial charge in [-0.05, 0) is 43.1 Å². The largest absolute Gasteiger partial charge is 0.326 e. The fraction of sp³-hybridized carbons (Fsp3) is 1.00. The second-order valence-corrected chi connectivity index (χ2v) is 7.04. The molecule has 1 saturated heterocycles. The van der Waals surface area contributed by atoms with Crippen LogP contribution in [0.1, 0.15) is 47.0 Å². The van der Waals surface area contributed by atoms with Gasteiger partial charge in [0.25, 0.3) is 0 Å². The molecule has 2 N–H and O–H groups in total. The molecule has 2 nitrogen and oxygen atoms in total. The summed E-state index contributed by atoms with van der Waals surface area (Å²) >= 11 is 0. The lowest BCUT2D eigenvalue weighted by molar-refractivity contribution is 0.0991. The Labute approximate surface area is 101 Å². The molecule has 0 amide bonds. The molecule has 4 unspecified atom stereocenters. The van der Waals surface area contributed by atoms with Gasteiger partial charge in [-0.1, -0.05) is 27.7 Å². The van der Waals surface area contributed by atoms with E-state index in [4.69, 9.17) is 5.73 Å². The second kappa shape index (κ2) is 4.30. The molecule has 2 aliphatic rings. The van der Waals surface area contributed by atoms with E-state index in [0.29, 0.717) is 17.4 Å². The van der Waals surface area contributed by atoms with Gasteiger partial charge in [0.1, 0.15) is 0 Å². The van der Waals surface area contributed by atoms with Gasteiger partial charge in [0.15, 0.2) is 0 Å². The Kier molecular flexibility index (Phi) is 3.33. The lowest BCUT2D eigenvalue weighted by atomic mass is 9.90. The van der Waals surface area contributed by atoms with Crippen molar-refractivity contribution in [2.45, 2.75) is 59.0 Å². The summed E-state index contributed by atoms with van der Waals surface area (Å²) in [6, 6.07) is 1.18. The van der Waals surface area contributed by atoms with Crippen LogP contribution in [0.25, 0.3) is 0 Å². The van der Waals surface area contributed by atoms with Gasteiger partial charge in [-0.2, -0.15) is 0 Å². The number of likely N-dealkylation sites (tertiary alicyclic amines) is 1. The lowest BCUT2D eigenvalue weighted by Gasteiger charge is -2.40. The molecule has 1 saturated carbocycles. The van der Waals surface area contributed by atoms with Crippen molar-refractivity contribution in [1.29, 1.82) is 0 Å². The van der Waals surface area contributed by atoms with Crippen molar-refractivity contribution in [3.05, 3.63) is 0 Å². The summed E-state index contributed by atoms with van der Waals surface area (Å²) in [4.78, 5) is 2.67. The first-order valence-corrected chi connectivity index (χ1v) is 6.89. The van der Waals surface area contributed by atoms with Crippen LogP contribution in [0.4, 0.5) is 0 Å². The highest BCUT2D eigenvalue weighted by molar-refractivity contribution is 4.95. The summed E-state index contributed by atoms with van der Waals surface area (Å²) < 4.78 is 0. The first kappa shape index (κ1) is 12.4. The Hall–Kier alpha value is -0.0800. The zero-order valence-electron chi connectivity index (χ0n) is 11.4. The Morgan fingerprint density at radius 3 is 2.31 bits per heavy atom. The molecule has 1 aliphatic heterocycles. The van der Waals surface area contributed by atoms with E-state index in [1.165, 1.54) is 25.8 Å². The van der Waals surface area contributed by atoms with Crippen molar-refractivity contribution in [2.24, 2.45) is 23.0 Å². The van der Waals surface area contributed by atoms with Gasteiger partial charge in [-0.25, -0.2) is 0 Å². The monoisotopic (exact) mass is 224 g/mol. The average Bonchev–Trinajstić information content (AvgIpc) is 2.45. The maximum absolute atomic E-state index is 6.21. The molecule has 1 aliphatic carbocycles. The van der Waals surface area contributed by atoms with Crippen LogP contribution in [-0.2, 0) is 0 Å². The van der Waals surface area contributed by atoms with E-state index < -0.39 is 0 Å². The summed E-state index contributed by atoms with van der Waals surface area (Å²) in [7, 11) is 0. The molecule has 16 heavy (non-hydrogen) atoms. The van der Waals surface area contributed by atoms with Crippen molar-refractivity contribution in [3.63, 3.8) is 0 Å². The van der Waals surface area contributed by atoms with Crippen molar-refractivity contribution in [2.75, 3.05) is 13.1 Å². The molecule has 94 valence electrons. The molecule has 0 bridgehead atoms. The molecule has 0 aromatic heterocycles. The SMILES string of the molecule is CC1CCN(C2CC(C)(C)CC2C)CC1N. The van der Waals surface area contributed by atoms with Gasteiger partial charge in [0, 0.05) is 18.6 Å². The third-order valence-corrected chi connectivity index (χ3v) is 4.81. The maximum atomic E-state index is 6.21. The van der Waals surface area contributed by atoms with E-state index >= 15 is 0 Å². The maximum Gasteiger partial charge on any atom is 0.0194 e. The molecule has 2 fully saturated rings. The van der Waals surface area contributed by atoms with Crippen LogP contribution in [0, 0.1) is 17.3 Å². The van der Waals surface area contributed by atoms with Crippen LogP contribution in [0.3, 0.4) is 0 Å². The highest BCUT2D eigenvalue weighted by Gasteiger charge is 2.41. The average molecular weight is 224 g/mol. The quantitative estimate of drug-likeness (QED) is 0.741. The predicted molar refractivity (Wildman–Crippen MR) is 69.3 cm³/mol. The molecule has 0 aromatic rings. The first-order valence-electron chi connectivity index (χ1n) is 6.89. The fourth-order valence-electron chi connectivity index (χ4n) is 3.77. The molecule has 0 aromatic carbocycles. The van der Waals surface area contributed by atoms with E-state index in [9.17, 15) is 0 Å². The van der Waals surface area contributed by atoms with Crippen LogP contribution in [-0.4, -0.2) is 30.1 Å². The minimum Gasteiger partial charge on any atom is -0.326 e. The fourth-order valence-corrected chi connectivity index (χ4v) is 3.77.